The molecule has 0 aliphatic rings. The van der Waals surface area contributed by atoms with Gasteiger partial charge >= 0.3 is 0 Å². The Balaban J connectivity index is 2.81. The first kappa shape index (κ1) is 7.24. The number of pyridine rings is 1. The van der Waals surface area contributed by atoms with Crippen LogP contribution in [0.5, 0.6) is 0 Å². The van der Waals surface area contributed by atoms with E-state index in [0.29, 0.717) is 12.1 Å². The van der Waals surface area contributed by atoms with Gasteiger partial charge in [-0.05, 0) is 13.0 Å². The molecule has 0 amide bonds. The van der Waals surface area contributed by atoms with E-state index < -0.39 is 0 Å². The van der Waals surface area contributed by atoms with Gasteiger partial charge < -0.3 is 10.3 Å². The van der Waals surface area contributed by atoms with Crippen LogP contribution in [-0.2, 0) is 6.54 Å². The lowest BCUT2D eigenvalue weighted by Gasteiger charge is -1.93. The Morgan fingerprint density at radius 2 is 2.42 bits per heavy atom. The molecule has 0 aliphatic carbocycles. The van der Waals surface area contributed by atoms with Crippen LogP contribution in [0.1, 0.15) is 11.4 Å². The quantitative estimate of drug-likeness (QED) is 0.680. The van der Waals surface area contributed by atoms with Crippen molar-refractivity contribution in [2.75, 3.05) is 0 Å². The summed E-state index contributed by atoms with van der Waals surface area (Å²) >= 11 is 0. The minimum atomic E-state index is 0.381. The summed E-state index contributed by atoms with van der Waals surface area (Å²) in [5, 5.41) is 4.82. The highest BCUT2D eigenvalue weighted by Crippen LogP contribution is 2.18. The smallest absolute Gasteiger partial charge is 0.189 e. The van der Waals surface area contributed by atoms with Crippen molar-refractivity contribution in [2.45, 2.75) is 13.5 Å². The monoisotopic (exact) mass is 163 g/mol. The van der Waals surface area contributed by atoms with Crippen LogP contribution in [0.2, 0.25) is 0 Å². The van der Waals surface area contributed by atoms with Crippen LogP contribution in [0.4, 0.5) is 0 Å². The van der Waals surface area contributed by atoms with E-state index in [9.17, 15) is 0 Å². The van der Waals surface area contributed by atoms with Gasteiger partial charge in [0.25, 0.3) is 0 Å². The van der Waals surface area contributed by atoms with Gasteiger partial charge in [-0.3, -0.25) is 4.98 Å². The Kier molecular flexibility index (Phi) is 1.55. The van der Waals surface area contributed by atoms with Gasteiger partial charge in [0.15, 0.2) is 5.58 Å². The Hall–Kier alpha value is -1.42. The van der Waals surface area contributed by atoms with Crippen LogP contribution in [0.3, 0.4) is 0 Å². The van der Waals surface area contributed by atoms with Crippen LogP contribution in [0, 0.1) is 6.92 Å². The minimum absolute atomic E-state index is 0.381. The van der Waals surface area contributed by atoms with Crippen molar-refractivity contribution in [2.24, 2.45) is 5.73 Å². The molecule has 2 rings (SSSR count). The average Bonchev–Trinajstić information content (AvgIpc) is 2.48. The molecule has 62 valence electrons. The zero-order chi connectivity index (χ0) is 8.55. The molecule has 2 N–H and O–H groups in total. The minimum Gasteiger partial charge on any atom is -0.354 e. The summed E-state index contributed by atoms with van der Waals surface area (Å²) in [6.45, 7) is 2.28. The molecule has 0 fully saturated rings. The molecule has 4 nitrogen and oxygen atoms in total. The van der Waals surface area contributed by atoms with E-state index in [4.69, 9.17) is 10.3 Å². The predicted octanol–water partition coefficient (Wildman–Crippen LogP) is 0.990. The molecule has 2 aromatic heterocycles. The molecule has 0 spiro atoms. The number of hydrogen-bond donors (Lipinski definition) is 1. The maximum absolute atomic E-state index is 5.47. The number of nitrogens with two attached hydrogens (primary N) is 1. The molecule has 0 atom stereocenters. The maximum atomic E-state index is 5.47. The summed E-state index contributed by atoms with van der Waals surface area (Å²) < 4.78 is 5.08. The van der Waals surface area contributed by atoms with Crippen LogP contribution in [0.15, 0.2) is 16.8 Å². The number of aromatic nitrogens is 2. The molecule has 0 saturated heterocycles. The first-order valence-corrected chi connectivity index (χ1v) is 3.73. The second-order valence-electron chi connectivity index (χ2n) is 2.61. The van der Waals surface area contributed by atoms with Crippen molar-refractivity contribution in [3.05, 3.63) is 23.7 Å². The van der Waals surface area contributed by atoms with Crippen LogP contribution in [-0.4, -0.2) is 10.1 Å². The molecular weight excluding hydrogens is 154 g/mol. The molecule has 0 saturated carbocycles. The fraction of sp³-hybridized carbons (Fsp3) is 0.250. The highest BCUT2D eigenvalue weighted by molar-refractivity contribution is 5.80. The average molecular weight is 163 g/mol. The maximum Gasteiger partial charge on any atom is 0.189 e. The van der Waals surface area contributed by atoms with Crippen molar-refractivity contribution in [3.63, 3.8) is 0 Å². The highest BCUT2D eigenvalue weighted by atomic mass is 16.5. The van der Waals surface area contributed by atoms with E-state index in [2.05, 4.69) is 10.1 Å². The Bertz CT molecular complexity index is 408. The molecule has 2 aromatic rings. The van der Waals surface area contributed by atoms with Gasteiger partial charge in [-0.1, -0.05) is 5.16 Å². The lowest BCUT2D eigenvalue weighted by atomic mass is 10.2. The van der Waals surface area contributed by atoms with Crippen LogP contribution in [0.25, 0.3) is 11.0 Å². The second kappa shape index (κ2) is 2.57. The first-order valence-electron chi connectivity index (χ1n) is 3.73. The lowest BCUT2D eigenvalue weighted by molar-refractivity contribution is 0.447. The van der Waals surface area contributed by atoms with Crippen molar-refractivity contribution in [3.8, 4) is 0 Å². The molecule has 0 bridgehead atoms. The number of hydrogen-bond acceptors (Lipinski definition) is 4. The zero-order valence-electron chi connectivity index (χ0n) is 6.74. The Morgan fingerprint density at radius 3 is 3.17 bits per heavy atom. The molecule has 2 heterocycles. The van der Waals surface area contributed by atoms with Crippen LogP contribution >= 0.6 is 0 Å². The third-order valence-corrected chi connectivity index (χ3v) is 1.84. The molecule has 4 heteroatoms. The second-order valence-corrected chi connectivity index (χ2v) is 2.61. The molecule has 0 radical (unpaired) electrons. The summed E-state index contributed by atoms with van der Waals surface area (Å²) in [4.78, 5) is 4.08. The van der Waals surface area contributed by atoms with Crippen molar-refractivity contribution in [1.29, 1.82) is 0 Å². The standard InChI is InChI=1S/C8H9N3O/c1-5-6-2-3-10-7(4-9)8(6)12-11-5/h2-3H,4,9H2,1H3. The van der Waals surface area contributed by atoms with Crippen LogP contribution < -0.4 is 5.73 Å². The summed E-state index contributed by atoms with van der Waals surface area (Å²) in [7, 11) is 0. The van der Waals surface area contributed by atoms with E-state index in [0.717, 1.165) is 16.8 Å². The van der Waals surface area contributed by atoms with E-state index in [-0.39, 0.29) is 0 Å². The van der Waals surface area contributed by atoms with E-state index >= 15 is 0 Å². The van der Waals surface area contributed by atoms with Crippen molar-refractivity contribution >= 4 is 11.0 Å². The fourth-order valence-electron chi connectivity index (χ4n) is 1.19. The molecule has 12 heavy (non-hydrogen) atoms. The number of rotatable bonds is 1. The van der Waals surface area contributed by atoms with Crippen molar-refractivity contribution in [1.82, 2.24) is 10.1 Å². The van der Waals surface area contributed by atoms with E-state index in [1.165, 1.54) is 0 Å². The third kappa shape index (κ3) is 0.887. The summed E-state index contributed by atoms with van der Waals surface area (Å²) in [5.41, 5.74) is 7.82. The topological polar surface area (TPSA) is 64.9 Å². The number of aryl methyl sites for hydroxylation is 1. The molecule has 0 unspecified atom stereocenters. The Morgan fingerprint density at radius 1 is 1.58 bits per heavy atom. The fourth-order valence-corrected chi connectivity index (χ4v) is 1.19. The van der Waals surface area contributed by atoms with E-state index in [1.54, 1.807) is 6.20 Å². The SMILES string of the molecule is Cc1noc2c(CN)nccc12. The third-order valence-electron chi connectivity index (χ3n) is 1.84. The zero-order valence-corrected chi connectivity index (χ0v) is 6.74. The van der Waals surface area contributed by atoms with Gasteiger partial charge in [0.1, 0.15) is 0 Å². The van der Waals surface area contributed by atoms with Gasteiger partial charge in [0, 0.05) is 18.1 Å². The van der Waals surface area contributed by atoms with Gasteiger partial charge in [-0.25, -0.2) is 0 Å². The van der Waals surface area contributed by atoms with Gasteiger partial charge in [0.2, 0.25) is 0 Å². The largest absolute Gasteiger partial charge is 0.354 e. The molecular formula is C8H9N3O. The van der Waals surface area contributed by atoms with Gasteiger partial charge in [-0.15, -0.1) is 0 Å². The normalized spacial score (nSPS) is 10.8. The van der Waals surface area contributed by atoms with Gasteiger partial charge in [0.05, 0.1) is 11.4 Å². The summed E-state index contributed by atoms with van der Waals surface area (Å²) in [6.07, 6.45) is 1.72. The first-order chi connectivity index (χ1) is 5.83. The lowest BCUT2D eigenvalue weighted by Crippen LogP contribution is -1.98. The molecule has 0 aliphatic heterocycles. The van der Waals surface area contributed by atoms with Gasteiger partial charge in [-0.2, -0.15) is 0 Å². The van der Waals surface area contributed by atoms with E-state index in [1.807, 2.05) is 13.0 Å². The Labute approximate surface area is 69.4 Å². The highest BCUT2D eigenvalue weighted by Gasteiger charge is 2.07. The summed E-state index contributed by atoms with van der Waals surface area (Å²) in [6, 6.07) is 1.88. The number of fused-ring (bicyclic) bond motifs is 1. The number of nitrogens with zero attached hydrogens (tertiary/aromatic N) is 2. The predicted molar refractivity (Wildman–Crippen MR) is 44.4 cm³/mol. The summed E-state index contributed by atoms with van der Waals surface area (Å²) in [5.74, 6) is 0. The molecule has 0 aromatic carbocycles. The van der Waals surface area contributed by atoms with Crippen molar-refractivity contribution < 1.29 is 4.52 Å².